The highest BCUT2D eigenvalue weighted by Gasteiger charge is 2.26. The first-order valence-corrected chi connectivity index (χ1v) is 12.3. The monoisotopic (exact) mass is 464 g/mol. The second-order valence-electron chi connectivity index (χ2n) is 6.91. The Balaban J connectivity index is 1.67. The number of thiophene rings is 1. The van der Waals surface area contributed by atoms with E-state index in [-0.39, 0.29) is 9.46 Å². The third-order valence-corrected chi connectivity index (χ3v) is 9.09. The number of aromatic nitrogens is 1. The number of fused-ring (bicyclic) bond motifs is 1. The molecule has 0 saturated carbocycles. The van der Waals surface area contributed by atoms with Crippen LogP contribution >= 0.6 is 23.1 Å². The molecule has 3 aromatic rings. The van der Waals surface area contributed by atoms with E-state index >= 15 is 0 Å². The number of carboxylic acid groups (broad SMARTS) is 1. The van der Waals surface area contributed by atoms with Gasteiger partial charge in [0.15, 0.2) is 0 Å². The fraction of sp³-hybridized carbons (Fsp3) is 0.263. The Hall–Kier alpha value is -2.50. The number of thioether (sulfide) groups is 1. The number of hydrogen-bond donors (Lipinski definition) is 3. The predicted octanol–water partition coefficient (Wildman–Crippen LogP) is 3.49. The Morgan fingerprint density at radius 1 is 1.40 bits per heavy atom. The van der Waals surface area contributed by atoms with Crippen LogP contribution < -0.4 is 9.62 Å². The number of amides is 1. The molecule has 0 radical (unpaired) electrons. The number of aliphatic imine (C=N–C) groups is 1. The van der Waals surface area contributed by atoms with Gasteiger partial charge in [0.05, 0.1) is 23.4 Å². The molecule has 1 atom stereocenters. The smallest absolute Gasteiger partial charge is 0.404 e. The summed E-state index contributed by atoms with van der Waals surface area (Å²) in [5.41, 5.74) is 3.02. The van der Waals surface area contributed by atoms with Gasteiger partial charge < -0.3 is 15.4 Å². The quantitative estimate of drug-likeness (QED) is 0.517. The van der Waals surface area contributed by atoms with E-state index < -0.39 is 16.1 Å². The van der Waals surface area contributed by atoms with Gasteiger partial charge in [-0.15, -0.1) is 11.3 Å². The van der Waals surface area contributed by atoms with Crippen molar-refractivity contribution in [3.63, 3.8) is 0 Å². The number of nitrogens with one attached hydrogen (secondary N) is 2. The molecule has 0 fully saturated rings. The lowest BCUT2D eigenvalue weighted by Crippen LogP contribution is -2.29. The van der Waals surface area contributed by atoms with Crippen LogP contribution in [-0.2, 0) is 10.0 Å². The van der Waals surface area contributed by atoms with Crippen LogP contribution in [0.25, 0.3) is 10.9 Å². The van der Waals surface area contributed by atoms with Crippen LogP contribution in [0.2, 0.25) is 0 Å². The number of benzene rings is 1. The molecule has 1 amide bonds. The molecule has 1 unspecified atom stereocenters. The van der Waals surface area contributed by atoms with Crippen molar-refractivity contribution in [1.82, 2.24) is 10.3 Å². The Morgan fingerprint density at radius 3 is 2.90 bits per heavy atom. The van der Waals surface area contributed by atoms with E-state index in [2.05, 4.69) is 15.3 Å². The maximum atomic E-state index is 13.0. The van der Waals surface area contributed by atoms with E-state index in [1.807, 2.05) is 25.1 Å². The average molecular weight is 465 g/mol. The first-order chi connectivity index (χ1) is 14.3. The molecule has 0 saturated heterocycles. The van der Waals surface area contributed by atoms with Crippen LogP contribution in [-0.4, -0.2) is 55.0 Å². The first kappa shape index (κ1) is 20.8. The van der Waals surface area contributed by atoms with Gasteiger partial charge in [-0.2, -0.15) is 0 Å². The molecular weight excluding hydrogens is 444 g/mol. The van der Waals surface area contributed by atoms with Crippen molar-refractivity contribution < 1.29 is 18.3 Å². The van der Waals surface area contributed by atoms with E-state index in [0.717, 1.165) is 21.7 Å². The summed E-state index contributed by atoms with van der Waals surface area (Å²) in [6.07, 6.45) is -1.05. The summed E-state index contributed by atoms with van der Waals surface area (Å²) in [5.74, 6) is 0. The molecule has 0 spiro atoms. The molecule has 158 valence electrons. The van der Waals surface area contributed by atoms with E-state index in [9.17, 15) is 13.2 Å². The Bertz CT molecular complexity index is 1230. The summed E-state index contributed by atoms with van der Waals surface area (Å²) in [6, 6.07) is 9.11. The highest BCUT2D eigenvalue weighted by atomic mass is 32.2. The molecule has 0 aliphatic carbocycles. The zero-order chi connectivity index (χ0) is 21.5. The zero-order valence-electron chi connectivity index (χ0n) is 16.2. The van der Waals surface area contributed by atoms with Gasteiger partial charge in [0.2, 0.25) is 0 Å². The number of rotatable bonds is 6. The maximum Gasteiger partial charge on any atom is 0.404 e. The second kappa shape index (κ2) is 7.97. The number of sulfonamides is 1. The standard InChI is InChI=1S/C19H20N4O4S3/c1-11-6-12-8-14(18-20-9-13(29-18)10-21-19(24)25)22-17(12)15(7-11)23(2)30(26,27)16-4-3-5-28-16/h3-8,13,21-22H,9-10H2,1-2H3,(H,24,25). The molecule has 8 nitrogen and oxygen atoms in total. The largest absolute Gasteiger partial charge is 0.465 e. The highest BCUT2D eigenvalue weighted by Crippen LogP contribution is 2.34. The van der Waals surface area contributed by atoms with Crippen LogP contribution in [0.5, 0.6) is 0 Å². The van der Waals surface area contributed by atoms with E-state index in [0.29, 0.717) is 24.3 Å². The minimum absolute atomic E-state index is 0.0330. The number of aromatic amines is 1. The number of aryl methyl sites for hydroxylation is 1. The second-order valence-corrected chi connectivity index (χ2v) is 11.3. The summed E-state index contributed by atoms with van der Waals surface area (Å²) in [4.78, 5) is 18.6. The number of nitrogens with zero attached hydrogens (tertiary/aromatic N) is 2. The van der Waals surface area contributed by atoms with Crippen molar-refractivity contribution in [2.45, 2.75) is 16.4 Å². The summed E-state index contributed by atoms with van der Waals surface area (Å²) in [6.45, 7) is 2.77. The fourth-order valence-corrected chi connectivity index (χ4v) is 6.66. The Labute approximate surface area is 182 Å². The number of H-pyrrole nitrogens is 1. The summed E-state index contributed by atoms with van der Waals surface area (Å²) in [5, 5.41) is 14.6. The molecule has 3 heterocycles. The van der Waals surface area contributed by atoms with Crippen molar-refractivity contribution in [3.8, 4) is 0 Å². The Kier molecular flexibility index (Phi) is 5.51. The normalized spacial score (nSPS) is 16.6. The zero-order valence-corrected chi connectivity index (χ0v) is 18.7. The first-order valence-electron chi connectivity index (χ1n) is 9.10. The van der Waals surface area contributed by atoms with Gasteiger partial charge >= 0.3 is 6.09 Å². The van der Waals surface area contributed by atoms with Gasteiger partial charge in [0, 0.05) is 24.2 Å². The summed E-state index contributed by atoms with van der Waals surface area (Å²) >= 11 is 2.69. The summed E-state index contributed by atoms with van der Waals surface area (Å²) < 4.78 is 27.6. The lowest BCUT2D eigenvalue weighted by molar-refractivity contribution is 0.194. The molecule has 4 rings (SSSR count). The third-order valence-electron chi connectivity index (χ3n) is 4.73. The molecule has 1 aliphatic rings. The molecule has 3 N–H and O–H groups in total. The van der Waals surface area contributed by atoms with Crippen LogP contribution in [0.4, 0.5) is 10.5 Å². The van der Waals surface area contributed by atoms with Gasteiger partial charge in [0.25, 0.3) is 10.0 Å². The highest BCUT2D eigenvalue weighted by molar-refractivity contribution is 8.15. The maximum absolute atomic E-state index is 13.0. The van der Waals surface area contributed by atoms with Gasteiger partial charge in [-0.25, -0.2) is 13.2 Å². The molecule has 1 aromatic carbocycles. The number of anilines is 1. The molecule has 2 aromatic heterocycles. The van der Waals surface area contributed by atoms with Crippen molar-refractivity contribution in [2.24, 2.45) is 4.99 Å². The van der Waals surface area contributed by atoms with Gasteiger partial charge in [-0.05, 0) is 42.1 Å². The third kappa shape index (κ3) is 3.92. The van der Waals surface area contributed by atoms with Crippen LogP contribution in [0, 0.1) is 6.92 Å². The molecule has 0 bridgehead atoms. The van der Waals surface area contributed by atoms with Crippen molar-refractivity contribution in [2.75, 3.05) is 24.4 Å². The van der Waals surface area contributed by atoms with Gasteiger partial charge in [-0.3, -0.25) is 9.30 Å². The predicted molar refractivity (Wildman–Crippen MR) is 122 cm³/mol. The van der Waals surface area contributed by atoms with E-state index in [4.69, 9.17) is 5.11 Å². The van der Waals surface area contributed by atoms with Crippen molar-refractivity contribution >= 4 is 60.8 Å². The Morgan fingerprint density at radius 2 is 2.20 bits per heavy atom. The molecule has 30 heavy (non-hydrogen) atoms. The van der Waals surface area contributed by atoms with Crippen LogP contribution in [0.15, 0.2) is 44.9 Å². The molecule has 1 aliphatic heterocycles. The van der Waals surface area contributed by atoms with Crippen molar-refractivity contribution in [3.05, 3.63) is 47.0 Å². The lowest BCUT2D eigenvalue weighted by atomic mass is 10.1. The number of carbonyl (C=O) groups is 1. The molecular formula is C19H20N4O4S3. The fourth-order valence-electron chi connectivity index (χ4n) is 3.28. The van der Waals surface area contributed by atoms with Crippen LogP contribution in [0.1, 0.15) is 11.3 Å². The molecule has 11 heteroatoms. The lowest BCUT2D eigenvalue weighted by Gasteiger charge is -2.20. The van der Waals surface area contributed by atoms with E-state index in [1.165, 1.54) is 27.4 Å². The minimum Gasteiger partial charge on any atom is -0.465 e. The number of hydrogen-bond acceptors (Lipinski definition) is 6. The van der Waals surface area contributed by atoms with Crippen LogP contribution in [0.3, 0.4) is 0 Å². The SMILES string of the molecule is Cc1cc(N(C)S(=O)(=O)c2cccs2)c2[nH]c(C3=NCC(CNC(=O)O)S3)cc2c1. The minimum atomic E-state index is -3.66. The van der Waals surface area contributed by atoms with Gasteiger partial charge in [0.1, 0.15) is 9.25 Å². The van der Waals surface area contributed by atoms with Crippen molar-refractivity contribution in [1.29, 1.82) is 0 Å². The van der Waals surface area contributed by atoms with E-state index in [1.54, 1.807) is 24.6 Å². The van der Waals surface area contributed by atoms with Gasteiger partial charge in [-0.1, -0.05) is 17.8 Å². The topological polar surface area (TPSA) is 115 Å². The summed E-state index contributed by atoms with van der Waals surface area (Å²) in [7, 11) is -2.10. The average Bonchev–Trinajstić information content (AvgIpc) is 3.44.